The van der Waals surface area contributed by atoms with Gasteiger partial charge < -0.3 is 19.5 Å². The van der Waals surface area contributed by atoms with E-state index in [9.17, 15) is 4.79 Å². The number of ether oxygens (including phenoxy) is 3. The van der Waals surface area contributed by atoms with Crippen LogP contribution < -0.4 is 14.8 Å². The number of carbonyl (C=O) groups is 1. The first-order valence-electron chi connectivity index (χ1n) is 11.4. The molecule has 1 fully saturated rings. The zero-order valence-electron chi connectivity index (χ0n) is 19.8. The molecule has 0 unspecified atom stereocenters. The zero-order valence-corrected chi connectivity index (χ0v) is 20.6. The molecule has 35 heavy (non-hydrogen) atoms. The second kappa shape index (κ2) is 11.6. The van der Waals surface area contributed by atoms with Gasteiger partial charge in [0.2, 0.25) is 0 Å². The van der Waals surface area contributed by atoms with Crippen molar-refractivity contribution in [3.05, 3.63) is 89.6 Å². The van der Waals surface area contributed by atoms with Crippen LogP contribution in [0.2, 0.25) is 0 Å². The highest BCUT2D eigenvalue weighted by Gasteiger charge is 2.30. The smallest absolute Gasteiger partial charge is 0.276 e. The molecule has 180 valence electrons. The van der Waals surface area contributed by atoms with E-state index in [1.54, 1.807) is 25.2 Å². The predicted molar refractivity (Wildman–Crippen MR) is 141 cm³/mol. The third-order valence-electron chi connectivity index (χ3n) is 5.66. The minimum atomic E-state index is -0.141. The number of rotatable bonds is 10. The van der Waals surface area contributed by atoms with Crippen molar-refractivity contribution in [3.8, 4) is 22.6 Å². The molecule has 4 rings (SSSR count). The molecule has 1 saturated heterocycles. The van der Waals surface area contributed by atoms with E-state index in [1.807, 2.05) is 60.7 Å². The maximum absolute atomic E-state index is 12.8. The Morgan fingerprint density at radius 1 is 0.971 bits per heavy atom. The van der Waals surface area contributed by atoms with Crippen molar-refractivity contribution in [2.24, 2.45) is 0 Å². The van der Waals surface area contributed by atoms with Gasteiger partial charge >= 0.3 is 0 Å². The summed E-state index contributed by atoms with van der Waals surface area (Å²) in [6, 6.07) is 23.9. The molecule has 0 spiro atoms. The number of hydrogen-bond acceptors (Lipinski definition) is 5. The van der Waals surface area contributed by atoms with Crippen LogP contribution in [0.15, 0.2) is 78.5 Å². The van der Waals surface area contributed by atoms with Gasteiger partial charge in [0.25, 0.3) is 5.91 Å². The van der Waals surface area contributed by atoms with Crippen LogP contribution in [-0.2, 0) is 16.1 Å². The van der Waals surface area contributed by atoms with Gasteiger partial charge in [-0.05, 0) is 65.7 Å². The Labute approximate surface area is 211 Å². The normalized spacial score (nSPS) is 14.3. The lowest BCUT2D eigenvalue weighted by Crippen LogP contribution is -2.32. The van der Waals surface area contributed by atoms with Crippen LogP contribution in [0.3, 0.4) is 0 Å². The van der Waals surface area contributed by atoms with Crippen molar-refractivity contribution >= 4 is 29.3 Å². The Bertz CT molecular complexity index is 1210. The molecule has 0 saturated carbocycles. The number of benzene rings is 3. The zero-order chi connectivity index (χ0) is 24.6. The Morgan fingerprint density at radius 3 is 2.43 bits per heavy atom. The summed E-state index contributed by atoms with van der Waals surface area (Å²) in [5.74, 6) is 1.34. The van der Waals surface area contributed by atoms with Crippen molar-refractivity contribution in [2.45, 2.75) is 13.0 Å². The largest absolute Gasteiger partial charge is 0.496 e. The Balaban J connectivity index is 1.45. The maximum atomic E-state index is 12.8. The number of nitrogens with one attached hydrogen (secondary N) is 1. The summed E-state index contributed by atoms with van der Waals surface area (Å²) in [5.41, 5.74) is 4.46. The van der Waals surface area contributed by atoms with Crippen LogP contribution >= 0.6 is 12.2 Å². The minimum absolute atomic E-state index is 0.141. The van der Waals surface area contributed by atoms with Gasteiger partial charge in [-0.2, -0.15) is 0 Å². The van der Waals surface area contributed by atoms with Crippen molar-refractivity contribution < 1.29 is 19.0 Å². The van der Waals surface area contributed by atoms with Crippen LogP contribution in [0.4, 0.5) is 0 Å². The molecule has 7 heteroatoms. The van der Waals surface area contributed by atoms with E-state index in [0.29, 0.717) is 37.0 Å². The fourth-order valence-electron chi connectivity index (χ4n) is 3.84. The summed E-state index contributed by atoms with van der Waals surface area (Å²) in [7, 11) is 3.27. The van der Waals surface area contributed by atoms with Crippen LogP contribution in [0.25, 0.3) is 17.2 Å². The van der Waals surface area contributed by atoms with Crippen molar-refractivity contribution in [1.82, 2.24) is 10.2 Å². The fourth-order valence-corrected chi connectivity index (χ4v) is 4.13. The van der Waals surface area contributed by atoms with E-state index >= 15 is 0 Å². The number of thiocarbonyl (C=S) groups is 1. The summed E-state index contributed by atoms with van der Waals surface area (Å²) in [6.07, 6.45) is 2.51. The van der Waals surface area contributed by atoms with Gasteiger partial charge in [-0.25, -0.2) is 0 Å². The van der Waals surface area contributed by atoms with Gasteiger partial charge in [-0.15, -0.1) is 0 Å². The minimum Gasteiger partial charge on any atom is -0.496 e. The molecule has 0 radical (unpaired) electrons. The third kappa shape index (κ3) is 6.07. The average molecular weight is 489 g/mol. The molecule has 3 aromatic rings. The monoisotopic (exact) mass is 488 g/mol. The van der Waals surface area contributed by atoms with Crippen molar-refractivity contribution in [2.75, 3.05) is 27.4 Å². The van der Waals surface area contributed by atoms with Crippen LogP contribution in [0, 0.1) is 0 Å². The van der Waals surface area contributed by atoms with E-state index < -0.39 is 0 Å². The van der Waals surface area contributed by atoms with E-state index in [-0.39, 0.29) is 5.91 Å². The predicted octanol–water partition coefficient (Wildman–Crippen LogP) is 5.04. The molecule has 0 aliphatic carbocycles. The van der Waals surface area contributed by atoms with E-state index in [4.69, 9.17) is 26.4 Å². The Kier molecular flexibility index (Phi) is 8.13. The second-order valence-corrected chi connectivity index (χ2v) is 8.43. The highest BCUT2D eigenvalue weighted by molar-refractivity contribution is 7.80. The number of hydrogen-bond donors (Lipinski definition) is 1. The maximum Gasteiger partial charge on any atom is 0.276 e. The summed E-state index contributed by atoms with van der Waals surface area (Å²) in [6.45, 7) is 1.41. The highest BCUT2D eigenvalue weighted by Crippen LogP contribution is 2.26. The first-order chi connectivity index (χ1) is 17.1. The molecule has 0 aromatic heterocycles. The topological polar surface area (TPSA) is 60.0 Å². The Morgan fingerprint density at radius 2 is 1.71 bits per heavy atom. The van der Waals surface area contributed by atoms with Gasteiger partial charge in [-0.1, -0.05) is 48.5 Å². The Hall–Kier alpha value is -3.68. The molecule has 1 heterocycles. The van der Waals surface area contributed by atoms with Gasteiger partial charge in [0.1, 0.15) is 23.8 Å². The van der Waals surface area contributed by atoms with Gasteiger partial charge in [0.05, 0.1) is 7.11 Å². The number of methoxy groups -OCH3 is 2. The standard InChI is InChI=1S/C28H28N2O4S/c1-32-16-6-15-30-27(31)25(29-28(30)35)18-20-9-14-26(33-2)23(17-20)19-34-24-12-10-22(11-13-24)21-7-4-3-5-8-21/h3-5,7-14,17-18H,6,15-16,19H2,1-2H3,(H,29,35)/b25-18+. The fraction of sp³-hybridized carbons (Fsp3) is 0.214. The molecule has 1 N–H and O–H groups in total. The lowest BCUT2D eigenvalue weighted by atomic mass is 10.1. The van der Waals surface area contributed by atoms with Gasteiger partial charge in [0.15, 0.2) is 5.11 Å². The molecule has 1 aliphatic heterocycles. The van der Waals surface area contributed by atoms with Crippen LogP contribution in [-0.4, -0.2) is 43.3 Å². The van der Waals surface area contributed by atoms with Gasteiger partial charge in [0, 0.05) is 25.8 Å². The SMILES string of the molecule is COCCCN1C(=O)/C(=C\c2ccc(OC)c(COc3ccc(-c4ccccc4)cc3)c2)NC1=S. The van der Waals surface area contributed by atoms with Crippen molar-refractivity contribution in [3.63, 3.8) is 0 Å². The van der Waals surface area contributed by atoms with Crippen LogP contribution in [0.5, 0.6) is 11.5 Å². The molecule has 0 atom stereocenters. The summed E-state index contributed by atoms with van der Waals surface area (Å²) < 4.78 is 16.6. The molecule has 0 bridgehead atoms. The first-order valence-corrected chi connectivity index (χ1v) is 11.8. The molecular weight excluding hydrogens is 460 g/mol. The summed E-state index contributed by atoms with van der Waals surface area (Å²) in [4.78, 5) is 14.3. The number of carbonyl (C=O) groups excluding carboxylic acids is 1. The third-order valence-corrected chi connectivity index (χ3v) is 5.99. The number of amides is 1. The highest BCUT2D eigenvalue weighted by atomic mass is 32.1. The van der Waals surface area contributed by atoms with Gasteiger partial charge in [-0.3, -0.25) is 9.69 Å². The van der Waals surface area contributed by atoms with Crippen molar-refractivity contribution in [1.29, 1.82) is 0 Å². The molecule has 3 aromatic carbocycles. The summed E-state index contributed by atoms with van der Waals surface area (Å²) >= 11 is 5.33. The summed E-state index contributed by atoms with van der Waals surface area (Å²) in [5, 5.41) is 3.43. The van der Waals surface area contributed by atoms with Crippen LogP contribution in [0.1, 0.15) is 17.5 Å². The van der Waals surface area contributed by atoms with E-state index in [0.717, 1.165) is 33.8 Å². The lowest BCUT2D eigenvalue weighted by molar-refractivity contribution is -0.122. The van der Waals surface area contributed by atoms with E-state index in [2.05, 4.69) is 17.4 Å². The molecule has 6 nitrogen and oxygen atoms in total. The van der Waals surface area contributed by atoms with E-state index in [1.165, 1.54) is 0 Å². The first kappa shape index (κ1) is 24.4. The molecular formula is C28H28N2O4S. The lowest BCUT2D eigenvalue weighted by Gasteiger charge is -2.13. The molecule has 1 amide bonds. The molecule has 1 aliphatic rings. The second-order valence-electron chi connectivity index (χ2n) is 8.04. The number of nitrogens with zero attached hydrogens (tertiary/aromatic N) is 1. The average Bonchev–Trinajstić information content (AvgIpc) is 3.16. The quantitative estimate of drug-likeness (QED) is 0.245.